The Hall–Kier alpha value is -2.17. The van der Waals surface area contributed by atoms with Crippen molar-refractivity contribution in [3.8, 4) is 0 Å². The van der Waals surface area contributed by atoms with E-state index < -0.39 is 0 Å². The SMILES string of the molecule is C=C/C=C\N=C1CC(=O)N(C2CCCC(NC(=O)CN3CCCCCC3CN(CCC)CCC)CC2)C(=O)N1C1CCSCC1. The molecule has 1 saturated carbocycles. The van der Waals surface area contributed by atoms with Crippen molar-refractivity contribution in [1.82, 2.24) is 24.9 Å². The summed E-state index contributed by atoms with van der Waals surface area (Å²) in [5, 5.41) is 3.36. The lowest BCUT2D eigenvalue weighted by molar-refractivity contribution is -0.130. The van der Waals surface area contributed by atoms with Crippen LogP contribution in [0.2, 0.25) is 0 Å². The van der Waals surface area contributed by atoms with Crippen molar-refractivity contribution in [2.24, 2.45) is 4.99 Å². The van der Waals surface area contributed by atoms with Gasteiger partial charge in [-0.1, -0.05) is 39.3 Å². The summed E-state index contributed by atoms with van der Waals surface area (Å²) in [7, 11) is 0. The number of hydrogen-bond donors (Lipinski definition) is 1. The number of imide groups is 1. The highest BCUT2D eigenvalue weighted by Gasteiger charge is 2.43. The van der Waals surface area contributed by atoms with Gasteiger partial charge in [0.1, 0.15) is 5.84 Å². The highest BCUT2D eigenvalue weighted by atomic mass is 32.2. The first-order chi connectivity index (χ1) is 21.9. The van der Waals surface area contributed by atoms with Crippen molar-refractivity contribution in [2.45, 2.75) is 128 Å². The van der Waals surface area contributed by atoms with Crippen LogP contribution < -0.4 is 5.32 Å². The molecular formula is C35H58N6O3S. The van der Waals surface area contributed by atoms with Crippen molar-refractivity contribution >= 4 is 35.4 Å². The van der Waals surface area contributed by atoms with Gasteiger partial charge in [-0.3, -0.25) is 24.3 Å². The third-order valence-corrected chi connectivity index (χ3v) is 10.9. The Labute approximate surface area is 276 Å². The first kappa shape index (κ1) is 35.7. The fraction of sp³-hybridized carbons (Fsp3) is 0.771. The monoisotopic (exact) mass is 642 g/mol. The molecule has 0 bridgehead atoms. The van der Waals surface area contributed by atoms with Gasteiger partial charge < -0.3 is 10.2 Å². The first-order valence-electron chi connectivity index (χ1n) is 17.8. The van der Waals surface area contributed by atoms with Gasteiger partial charge in [-0.25, -0.2) is 9.79 Å². The van der Waals surface area contributed by atoms with Gasteiger partial charge in [0.25, 0.3) is 0 Å². The molecule has 4 rings (SSSR count). The molecular weight excluding hydrogens is 584 g/mol. The van der Waals surface area contributed by atoms with E-state index in [9.17, 15) is 14.4 Å². The third-order valence-electron chi connectivity index (χ3n) is 9.83. The van der Waals surface area contributed by atoms with E-state index in [2.05, 4.69) is 40.5 Å². The fourth-order valence-electron chi connectivity index (χ4n) is 7.63. The van der Waals surface area contributed by atoms with Crippen molar-refractivity contribution in [3.05, 3.63) is 24.9 Å². The summed E-state index contributed by atoms with van der Waals surface area (Å²) in [6, 6.07) is 0.219. The number of hydrogen-bond acceptors (Lipinski definition) is 7. The molecule has 1 N–H and O–H groups in total. The Morgan fingerprint density at radius 3 is 2.44 bits per heavy atom. The molecule has 3 atom stereocenters. The zero-order valence-corrected chi connectivity index (χ0v) is 28.8. The molecule has 3 aliphatic heterocycles. The first-order valence-corrected chi connectivity index (χ1v) is 18.9. The van der Waals surface area contributed by atoms with Crippen LogP contribution in [0.15, 0.2) is 29.9 Å². The highest BCUT2D eigenvalue weighted by Crippen LogP contribution is 2.31. The minimum absolute atomic E-state index is 0.0712. The number of rotatable bonds is 13. The number of urea groups is 1. The van der Waals surface area contributed by atoms with Crippen molar-refractivity contribution in [3.63, 3.8) is 0 Å². The van der Waals surface area contributed by atoms with Crippen LogP contribution in [-0.4, -0.2) is 112 Å². The Kier molecular flexibility index (Phi) is 14.9. The van der Waals surface area contributed by atoms with Crippen LogP contribution in [0.5, 0.6) is 0 Å². The van der Waals surface area contributed by atoms with Gasteiger partial charge in [-0.15, -0.1) is 0 Å². The molecule has 9 nitrogen and oxygen atoms in total. The largest absolute Gasteiger partial charge is 0.352 e. The topological polar surface area (TPSA) is 88.6 Å². The molecule has 0 spiro atoms. The number of carbonyl (C=O) groups excluding carboxylic acids is 3. The van der Waals surface area contributed by atoms with E-state index >= 15 is 0 Å². The second-order valence-corrected chi connectivity index (χ2v) is 14.5. The Balaban J connectivity index is 1.36. The minimum Gasteiger partial charge on any atom is -0.352 e. The maximum atomic E-state index is 14.0. The molecule has 0 aromatic heterocycles. The summed E-state index contributed by atoms with van der Waals surface area (Å²) < 4.78 is 0. The van der Waals surface area contributed by atoms with Gasteiger partial charge in [0, 0.05) is 36.9 Å². The highest BCUT2D eigenvalue weighted by molar-refractivity contribution is 7.99. The number of aliphatic imine (C=N–C) groups is 1. The number of nitrogens with zero attached hydrogens (tertiary/aromatic N) is 5. The zero-order valence-electron chi connectivity index (χ0n) is 28.0. The van der Waals surface area contributed by atoms with Crippen LogP contribution in [0.3, 0.4) is 0 Å². The Bertz CT molecular complexity index is 1040. The number of thioether (sulfide) groups is 1. The molecule has 4 fully saturated rings. The normalized spacial score (nSPS) is 27.3. The maximum Gasteiger partial charge on any atom is 0.332 e. The Morgan fingerprint density at radius 1 is 0.956 bits per heavy atom. The summed E-state index contributed by atoms with van der Waals surface area (Å²) in [6.07, 6.45) is 18.1. The average Bonchev–Trinajstić information content (AvgIpc) is 3.38. The van der Waals surface area contributed by atoms with E-state index in [4.69, 9.17) is 0 Å². The molecule has 0 aromatic rings. The van der Waals surface area contributed by atoms with Crippen molar-refractivity contribution in [2.75, 3.05) is 44.2 Å². The van der Waals surface area contributed by atoms with Gasteiger partial charge in [0.05, 0.1) is 13.0 Å². The summed E-state index contributed by atoms with van der Waals surface area (Å²) >= 11 is 1.92. The van der Waals surface area contributed by atoms with Crippen LogP contribution in [0, 0.1) is 0 Å². The quantitative estimate of drug-likeness (QED) is 0.201. The van der Waals surface area contributed by atoms with Gasteiger partial charge in [-0.2, -0.15) is 11.8 Å². The molecule has 0 aromatic carbocycles. The fourth-order valence-corrected chi connectivity index (χ4v) is 8.71. The number of likely N-dealkylation sites (tertiary alicyclic amines) is 1. The molecule has 0 radical (unpaired) electrons. The molecule has 45 heavy (non-hydrogen) atoms. The summed E-state index contributed by atoms with van der Waals surface area (Å²) in [5.41, 5.74) is 0. The minimum atomic E-state index is -0.214. The van der Waals surface area contributed by atoms with Crippen molar-refractivity contribution < 1.29 is 14.4 Å². The van der Waals surface area contributed by atoms with Crippen molar-refractivity contribution in [1.29, 1.82) is 0 Å². The predicted molar refractivity (Wildman–Crippen MR) is 185 cm³/mol. The number of amides is 4. The molecule has 4 aliphatic rings. The molecule has 252 valence electrons. The lowest BCUT2D eigenvalue weighted by atomic mass is 10.0. The molecule has 3 saturated heterocycles. The number of amidine groups is 1. The van der Waals surface area contributed by atoms with E-state index in [1.54, 1.807) is 23.3 Å². The van der Waals surface area contributed by atoms with E-state index in [-0.39, 0.29) is 42.4 Å². The van der Waals surface area contributed by atoms with E-state index in [0.29, 0.717) is 18.4 Å². The zero-order chi connectivity index (χ0) is 32.0. The average molecular weight is 643 g/mol. The lowest BCUT2D eigenvalue weighted by Gasteiger charge is -2.43. The van der Waals surface area contributed by atoms with E-state index in [1.165, 1.54) is 12.8 Å². The molecule has 1 aliphatic carbocycles. The van der Waals surface area contributed by atoms with Crippen LogP contribution >= 0.6 is 11.8 Å². The maximum absolute atomic E-state index is 14.0. The summed E-state index contributed by atoms with van der Waals surface area (Å²) in [6.45, 7) is 12.9. The van der Waals surface area contributed by atoms with Crippen LogP contribution in [0.4, 0.5) is 4.79 Å². The second-order valence-electron chi connectivity index (χ2n) is 13.3. The standard InChI is InChI=1S/C35H58N6O3S/c1-4-7-19-36-32-25-34(43)41(35(44)40(32)30-17-23-45-24-18-30)29-14-11-12-28(15-16-29)37-33(42)27-39-22-10-8-9-13-31(39)26-38(20-5-2)21-6-3/h4,7,19,28-31H,1,5-6,8-18,20-27H2,2-3H3,(H,37,42)/b19-7-,36-32?. The number of carbonyl (C=O) groups is 3. The van der Waals surface area contributed by atoms with Crippen LogP contribution in [0.1, 0.15) is 104 Å². The number of nitrogens with one attached hydrogen (secondary N) is 1. The van der Waals surface area contributed by atoms with Gasteiger partial charge >= 0.3 is 6.03 Å². The van der Waals surface area contributed by atoms with Crippen LogP contribution in [-0.2, 0) is 9.59 Å². The predicted octanol–water partition coefficient (Wildman–Crippen LogP) is 5.82. The number of allylic oxidation sites excluding steroid dienone is 2. The molecule has 3 unspecified atom stereocenters. The van der Waals surface area contributed by atoms with Gasteiger partial charge in [0.2, 0.25) is 11.8 Å². The second kappa shape index (κ2) is 18.8. The van der Waals surface area contributed by atoms with Crippen LogP contribution in [0.25, 0.3) is 0 Å². The van der Waals surface area contributed by atoms with Gasteiger partial charge in [-0.05, 0) is 108 Å². The lowest BCUT2D eigenvalue weighted by Crippen LogP contribution is -2.61. The summed E-state index contributed by atoms with van der Waals surface area (Å²) in [4.78, 5) is 53.8. The smallest absolute Gasteiger partial charge is 0.332 e. The molecule has 10 heteroatoms. The summed E-state index contributed by atoms with van der Waals surface area (Å²) in [5.74, 6) is 2.53. The molecule has 4 amide bonds. The van der Waals surface area contributed by atoms with E-state index in [0.717, 1.165) is 108 Å². The van der Waals surface area contributed by atoms with E-state index in [1.807, 2.05) is 16.7 Å². The Morgan fingerprint density at radius 2 is 1.71 bits per heavy atom. The third kappa shape index (κ3) is 10.4. The van der Waals surface area contributed by atoms with Gasteiger partial charge in [0.15, 0.2) is 0 Å². The molecule has 3 heterocycles.